The number of esters is 1. The summed E-state index contributed by atoms with van der Waals surface area (Å²) in [6.07, 6.45) is -0.961. The third-order valence-corrected chi connectivity index (χ3v) is 4.40. The highest BCUT2D eigenvalue weighted by Crippen LogP contribution is 2.26. The molecule has 0 radical (unpaired) electrons. The Bertz CT molecular complexity index is 808. The van der Waals surface area contributed by atoms with E-state index >= 15 is 0 Å². The number of ether oxygens (including phenoxy) is 2. The maximum absolute atomic E-state index is 12.3. The van der Waals surface area contributed by atoms with Gasteiger partial charge in [-0.15, -0.1) is 0 Å². The highest BCUT2D eigenvalue weighted by atomic mass is 35.5. The fourth-order valence-corrected chi connectivity index (χ4v) is 2.97. The van der Waals surface area contributed by atoms with Crippen LogP contribution in [-0.2, 0) is 9.53 Å². The van der Waals surface area contributed by atoms with E-state index < -0.39 is 18.0 Å². The van der Waals surface area contributed by atoms with Crippen LogP contribution in [0.5, 0.6) is 5.75 Å². The fraction of sp³-hybridized carbons (Fsp3) is 0.300. The maximum Gasteiger partial charge on any atom is 0.338 e. The van der Waals surface area contributed by atoms with E-state index in [-0.39, 0.29) is 6.04 Å². The largest absolute Gasteiger partial charge is 0.494 e. The summed E-state index contributed by atoms with van der Waals surface area (Å²) in [5, 5.41) is 3.74. The molecule has 0 aliphatic carbocycles. The molecular formula is C20H21Cl2NO4. The molecule has 0 heterocycles. The number of halogens is 2. The van der Waals surface area contributed by atoms with Crippen molar-refractivity contribution < 1.29 is 19.1 Å². The lowest BCUT2D eigenvalue weighted by Gasteiger charge is -2.19. The van der Waals surface area contributed by atoms with E-state index in [2.05, 4.69) is 5.32 Å². The van der Waals surface area contributed by atoms with Crippen LogP contribution in [0.4, 0.5) is 0 Å². The Morgan fingerprint density at radius 1 is 1.07 bits per heavy atom. The van der Waals surface area contributed by atoms with Gasteiger partial charge in [-0.3, -0.25) is 4.79 Å². The van der Waals surface area contributed by atoms with Crippen molar-refractivity contribution in [2.24, 2.45) is 0 Å². The van der Waals surface area contributed by atoms with Gasteiger partial charge in [0.15, 0.2) is 6.10 Å². The first-order valence-electron chi connectivity index (χ1n) is 8.51. The first-order valence-corrected chi connectivity index (χ1v) is 9.26. The average Bonchev–Trinajstić information content (AvgIpc) is 2.62. The second kappa shape index (κ2) is 9.62. The molecule has 0 bridgehead atoms. The Morgan fingerprint density at radius 3 is 2.33 bits per heavy atom. The van der Waals surface area contributed by atoms with Crippen molar-refractivity contribution in [3.05, 3.63) is 63.6 Å². The van der Waals surface area contributed by atoms with E-state index in [1.54, 1.807) is 49.4 Å². The zero-order valence-electron chi connectivity index (χ0n) is 15.3. The topological polar surface area (TPSA) is 64.6 Å². The van der Waals surface area contributed by atoms with Gasteiger partial charge >= 0.3 is 5.97 Å². The number of rotatable bonds is 7. The first kappa shape index (κ1) is 21.1. The number of nitrogens with one attached hydrogen (secondary N) is 1. The van der Waals surface area contributed by atoms with Gasteiger partial charge in [0.05, 0.1) is 18.2 Å². The van der Waals surface area contributed by atoms with Crippen molar-refractivity contribution in [3.63, 3.8) is 0 Å². The van der Waals surface area contributed by atoms with Crippen LogP contribution in [0.1, 0.15) is 42.7 Å². The quantitative estimate of drug-likeness (QED) is 0.665. The lowest BCUT2D eigenvalue weighted by Crippen LogP contribution is -2.37. The molecule has 0 aromatic heterocycles. The molecule has 0 spiro atoms. The minimum Gasteiger partial charge on any atom is -0.494 e. The standard InChI is InChI=1S/C20H21Cl2NO4/c1-4-26-16-8-5-14(6-9-16)20(25)27-13(3)19(24)23-12(2)17-10-7-15(21)11-18(17)22/h5-13H,4H2,1-3H3,(H,23,24)/t12-,13+/m0/s1. The Hall–Kier alpha value is -2.24. The SMILES string of the molecule is CCOc1ccc(C(=O)O[C@H](C)C(=O)N[C@@H](C)c2ccc(Cl)cc2Cl)cc1. The summed E-state index contributed by atoms with van der Waals surface area (Å²) in [6, 6.07) is 11.2. The van der Waals surface area contributed by atoms with Gasteiger partial charge < -0.3 is 14.8 Å². The van der Waals surface area contributed by atoms with Gasteiger partial charge in [0.25, 0.3) is 5.91 Å². The fourth-order valence-electron chi connectivity index (χ4n) is 2.40. The van der Waals surface area contributed by atoms with Crippen molar-refractivity contribution in [2.45, 2.75) is 32.9 Å². The van der Waals surface area contributed by atoms with Gasteiger partial charge in [-0.2, -0.15) is 0 Å². The Labute approximate surface area is 168 Å². The smallest absolute Gasteiger partial charge is 0.338 e. The molecular weight excluding hydrogens is 389 g/mol. The van der Waals surface area contributed by atoms with Crippen molar-refractivity contribution in [2.75, 3.05) is 6.61 Å². The normalized spacial score (nSPS) is 12.8. The number of hydrogen-bond donors (Lipinski definition) is 1. The number of benzene rings is 2. The highest BCUT2D eigenvalue weighted by Gasteiger charge is 2.21. The Kier molecular flexibility index (Phi) is 7.51. The maximum atomic E-state index is 12.3. The molecule has 1 amide bonds. The summed E-state index contributed by atoms with van der Waals surface area (Å²) in [4.78, 5) is 24.5. The minimum atomic E-state index is -0.961. The second-order valence-electron chi connectivity index (χ2n) is 5.90. The van der Waals surface area contributed by atoms with E-state index in [0.717, 1.165) is 5.56 Å². The second-order valence-corrected chi connectivity index (χ2v) is 6.74. The van der Waals surface area contributed by atoms with Crippen LogP contribution >= 0.6 is 23.2 Å². The third-order valence-electron chi connectivity index (χ3n) is 3.84. The van der Waals surface area contributed by atoms with Gasteiger partial charge in [-0.25, -0.2) is 4.79 Å². The van der Waals surface area contributed by atoms with Crippen LogP contribution in [0.2, 0.25) is 10.0 Å². The minimum absolute atomic E-state index is 0.340. The number of carbonyl (C=O) groups excluding carboxylic acids is 2. The molecule has 0 fully saturated rings. The van der Waals surface area contributed by atoms with Crippen LogP contribution in [0.25, 0.3) is 0 Å². The van der Waals surface area contributed by atoms with Crippen molar-refractivity contribution in [3.8, 4) is 5.75 Å². The zero-order chi connectivity index (χ0) is 20.0. The average molecular weight is 410 g/mol. The molecule has 0 saturated heterocycles. The predicted molar refractivity (Wildman–Crippen MR) is 106 cm³/mol. The van der Waals surface area contributed by atoms with Crippen LogP contribution in [0.3, 0.4) is 0 Å². The van der Waals surface area contributed by atoms with Gasteiger partial charge in [0, 0.05) is 10.0 Å². The monoisotopic (exact) mass is 409 g/mol. The van der Waals surface area contributed by atoms with Crippen LogP contribution < -0.4 is 10.1 Å². The summed E-state index contributed by atoms with van der Waals surface area (Å²) in [5.74, 6) is -0.348. The van der Waals surface area contributed by atoms with Gasteiger partial charge in [-0.05, 0) is 62.7 Å². The van der Waals surface area contributed by atoms with Crippen LogP contribution in [0, 0.1) is 0 Å². The van der Waals surface area contributed by atoms with Gasteiger partial charge in [0.2, 0.25) is 0 Å². The molecule has 2 rings (SSSR count). The molecule has 0 aliphatic heterocycles. The van der Waals surface area contributed by atoms with E-state index in [4.69, 9.17) is 32.7 Å². The molecule has 5 nitrogen and oxygen atoms in total. The van der Waals surface area contributed by atoms with Crippen molar-refractivity contribution in [1.29, 1.82) is 0 Å². The summed E-state index contributed by atoms with van der Waals surface area (Å²) in [6.45, 7) is 5.71. The molecule has 0 aliphatic rings. The van der Waals surface area contributed by atoms with Crippen LogP contribution in [-0.4, -0.2) is 24.6 Å². The number of hydrogen-bond acceptors (Lipinski definition) is 4. The lowest BCUT2D eigenvalue weighted by atomic mass is 10.1. The molecule has 2 atom stereocenters. The number of amides is 1. The van der Waals surface area contributed by atoms with Crippen molar-refractivity contribution >= 4 is 35.1 Å². The summed E-state index contributed by atoms with van der Waals surface area (Å²) in [7, 11) is 0. The van der Waals surface area contributed by atoms with Gasteiger partial charge in [0.1, 0.15) is 5.75 Å². The molecule has 144 valence electrons. The van der Waals surface area contributed by atoms with Crippen molar-refractivity contribution in [1.82, 2.24) is 5.32 Å². The molecule has 7 heteroatoms. The van der Waals surface area contributed by atoms with Gasteiger partial charge in [-0.1, -0.05) is 29.3 Å². The third kappa shape index (κ3) is 5.88. The highest BCUT2D eigenvalue weighted by molar-refractivity contribution is 6.35. The zero-order valence-corrected chi connectivity index (χ0v) is 16.8. The van der Waals surface area contributed by atoms with Crippen LogP contribution in [0.15, 0.2) is 42.5 Å². The molecule has 0 saturated carbocycles. The Balaban J connectivity index is 1.95. The molecule has 27 heavy (non-hydrogen) atoms. The number of carbonyl (C=O) groups is 2. The molecule has 2 aromatic carbocycles. The van der Waals surface area contributed by atoms with E-state index in [1.165, 1.54) is 6.92 Å². The summed E-state index contributed by atoms with van der Waals surface area (Å²) in [5.41, 5.74) is 1.06. The first-order chi connectivity index (χ1) is 12.8. The van der Waals surface area contributed by atoms with E-state index in [0.29, 0.717) is 28.0 Å². The predicted octanol–water partition coefficient (Wildman–Crippen LogP) is 4.81. The summed E-state index contributed by atoms with van der Waals surface area (Å²) < 4.78 is 10.6. The molecule has 2 aromatic rings. The van der Waals surface area contributed by atoms with E-state index in [9.17, 15) is 9.59 Å². The Morgan fingerprint density at radius 2 is 1.74 bits per heavy atom. The molecule has 1 N–H and O–H groups in total. The van der Waals surface area contributed by atoms with E-state index in [1.807, 2.05) is 6.92 Å². The lowest BCUT2D eigenvalue weighted by molar-refractivity contribution is -0.129. The molecule has 0 unspecified atom stereocenters. The summed E-state index contributed by atoms with van der Waals surface area (Å²) >= 11 is 12.0.